The molecule has 0 aromatic carbocycles. The number of hydrogen-bond donors (Lipinski definition) is 1. The van der Waals surface area contributed by atoms with Crippen LogP contribution in [0.2, 0.25) is 0 Å². The molecule has 128 valence electrons. The molecule has 1 saturated heterocycles. The van der Waals surface area contributed by atoms with Gasteiger partial charge in [-0.05, 0) is 39.5 Å². The Balaban J connectivity index is 1.77. The van der Waals surface area contributed by atoms with Gasteiger partial charge in [0.25, 0.3) is 0 Å². The highest BCUT2D eigenvalue weighted by Crippen LogP contribution is 2.19. The Morgan fingerprint density at radius 2 is 2.17 bits per heavy atom. The van der Waals surface area contributed by atoms with E-state index in [2.05, 4.69) is 17.2 Å². The smallest absolute Gasteiger partial charge is 0.410 e. The molecule has 2 heterocycles. The number of amides is 2. The summed E-state index contributed by atoms with van der Waals surface area (Å²) in [6.07, 6.45) is 3.88. The predicted molar refractivity (Wildman–Crippen MR) is 89.7 cm³/mol. The van der Waals surface area contributed by atoms with Gasteiger partial charge in [0.05, 0.1) is 17.8 Å². The van der Waals surface area contributed by atoms with E-state index >= 15 is 0 Å². The Kier molecular flexibility index (Phi) is 6.38. The zero-order valence-electron chi connectivity index (χ0n) is 14.1. The first-order valence-corrected chi connectivity index (χ1v) is 8.89. The molecule has 1 aliphatic rings. The minimum atomic E-state index is -0.418. The van der Waals surface area contributed by atoms with Crippen LogP contribution in [0.4, 0.5) is 4.79 Å². The molecule has 1 atom stereocenters. The number of ether oxygens (including phenoxy) is 1. The second-order valence-corrected chi connectivity index (χ2v) is 7.11. The number of aryl methyl sites for hydroxylation is 3. The molecule has 1 aromatic rings. The number of aromatic nitrogens is 1. The first-order chi connectivity index (χ1) is 11.0. The number of hydrogen-bond acceptors (Lipinski definition) is 5. The van der Waals surface area contributed by atoms with Crippen LogP contribution < -0.4 is 5.32 Å². The summed E-state index contributed by atoms with van der Waals surface area (Å²) in [7, 11) is 1.35. The highest BCUT2D eigenvalue weighted by atomic mass is 32.1. The fourth-order valence-corrected chi connectivity index (χ4v) is 3.73. The number of rotatable bonds is 5. The van der Waals surface area contributed by atoms with Gasteiger partial charge in [-0.1, -0.05) is 0 Å². The summed E-state index contributed by atoms with van der Waals surface area (Å²) < 4.78 is 4.77. The molecule has 0 aliphatic carbocycles. The number of nitrogens with one attached hydrogen (secondary N) is 1. The van der Waals surface area contributed by atoms with E-state index in [1.54, 1.807) is 11.3 Å². The molecule has 0 spiro atoms. The lowest BCUT2D eigenvalue weighted by Gasteiger charge is -2.33. The molecule has 2 rings (SSSR count). The van der Waals surface area contributed by atoms with E-state index in [0.717, 1.165) is 36.4 Å². The molecular formula is C16H25N3O3S. The van der Waals surface area contributed by atoms with Crippen molar-refractivity contribution in [1.82, 2.24) is 15.2 Å². The van der Waals surface area contributed by atoms with Gasteiger partial charge >= 0.3 is 6.09 Å². The maximum atomic E-state index is 12.3. The highest BCUT2D eigenvalue weighted by Gasteiger charge is 2.32. The van der Waals surface area contributed by atoms with Crippen molar-refractivity contribution in [3.63, 3.8) is 0 Å². The van der Waals surface area contributed by atoms with Gasteiger partial charge in [0, 0.05) is 24.4 Å². The molecule has 0 radical (unpaired) electrons. The van der Waals surface area contributed by atoms with Gasteiger partial charge in [-0.3, -0.25) is 9.69 Å². The van der Waals surface area contributed by atoms with Gasteiger partial charge in [0.2, 0.25) is 5.91 Å². The highest BCUT2D eigenvalue weighted by molar-refractivity contribution is 7.11. The standard InChI is InChI=1S/C16H25N3O3S/c1-11-12(2)23-14(18-11)8-6-9-17-15(20)13-7-4-5-10-19(13)16(21)22-3/h13H,4-10H2,1-3H3,(H,17,20)/t13-/m1/s1. The number of piperidine rings is 1. The summed E-state index contributed by atoms with van der Waals surface area (Å²) in [6, 6.07) is -0.402. The van der Waals surface area contributed by atoms with Crippen LogP contribution >= 0.6 is 11.3 Å². The third-order valence-corrected chi connectivity index (χ3v) is 5.29. The van der Waals surface area contributed by atoms with Crippen LogP contribution in [0.15, 0.2) is 0 Å². The molecule has 0 saturated carbocycles. The van der Waals surface area contributed by atoms with E-state index in [-0.39, 0.29) is 5.91 Å². The molecule has 0 bridgehead atoms. The average Bonchev–Trinajstić information content (AvgIpc) is 2.88. The second kappa shape index (κ2) is 8.29. The molecule has 1 N–H and O–H groups in total. The van der Waals surface area contributed by atoms with Gasteiger partial charge < -0.3 is 10.1 Å². The Bertz CT molecular complexity index is 539. The lowest BCUT2D eigenvalue weighted by molar-refractivity contribution is -0.126. The van der Waals surface area contributed by atoms with Crippen LogP contribution in [0.25, 0.3) is 0 Å². The van der Waals surface area contributed by atoms with E-state index < -0.39 is 12.1 Å². The molecule has 6 nitrogen and oxygen atoms in total. The quantitative estimate of drug-likeness (QED) is 0.836. The normalized spacial score (nSPS) is 17.9. The van der Waals surface area contributed by atoms with Gasteiger partial charge in [0.1, 0.15) is 6.04 Å². The summed E-state index contributed by atoms with van der Waals surface area (Å²) >= 11 is 1.72. The Labute approximate surface area is 141 Å². The van der Waals surface area contributed by atoms with E-state index in [1.165, 1.54) is 16.9 Å². The van der Waals surface area contributed by atoms with Crippen LogP contribution in [0.1, 0.15) is 41.3 Å². The first kappa shape index (κ1) is 17.7. The fourth-order valence-electron chi connectivity index (χ4n) is 2.76. The van der Waals surface area contributed by atoms with Gasteiger partial charge in [-0.25, -0.2) is 9.78 Å². The minimum absolute atomic E-state index is 0.0819. The predicted octanol–water partition coefficient (Wildman–Crippen LogP) is 2.43. The molecule has 1 aromatic heterocycles. The molecular weight excluding hydrogens is 314 g/mol. The zero-order valence-corrected chi connectivity index (χ0v) is 14.9. The minimum Gasteiger partial charge on any atom is -0.453 e. The fraction of sp³-hybridized carbons (Fsp3) is 0.688. The lowest BCUT2D eigenvalue weighted by Crippen LogP contribution is -2.52. The van der Waals surface area contributed by atoms with Crippen molar-refractivity contribution in [3.8, 4) is 0 Å². The van der Waals surface area contributed by atoms with E-state index in [0.29, 0.717) is 19.5 Å². The maximum absolute atomic E-state index is 12.3. The van der Waals surface area contributed by atoms with E-state index in [1.807, 2.05) is 6.92 Å². The molecule has 1 aliphatic heterocycles. The van der Waals surface area contributed by atoms with Crippen LogP contribution in [-0.4, -0.2) is 48.1 Å². The van der Waals surface area contributed by atoms with Crippen molar-refractivity contribution < 1.29 is 14.3 Å². The largest absolute Gasteiger partial charge is 0.453 e. The SMILES string of the molecule is COC(=O)N1CCCC[C@@H]1C(=O)NCCCc1nc(C)c(C)s1. The molecule has 23 heavy (non-hydrogen) atoms. The number of likely N-dealkylation sites (tertiary alicyclic amines) is 1. The molecule has 7 heteroatoms. The number of thiazole rings is 1. The summed E-state index contributed by atoms with van der Waals surface area (Å²) in [5.41, 5.74) is 1.09. The van der Waals surface area contributed by atoms with Crippen molar-refractivity contribution >= 4 is 23.3 Å². The third kappa shape index (κ3) is 4.67. The topological polar surface area (TPSA) is 71.5 Å². The van der Waals surface area contributed by atoms with Gasteiger partial charge in [-0.2, -0.15) is 0 Å². The monoisotopic (exact) mass is 339 g/mol. The number of nitrogens with zero attached hydrogens (tertiary/aromatic N) is 2. The zero-order chi connectivity index (χ0) is 16.8. The van der Waals surface area contributed by atoms with Crippen LogP contribution in [0.5, 0.6) is 0 Å². The third-order valence-electron chi connectivity index (χ3n) is 4.15. The number of methoxy groups -OCH3 is 1. The maximum Gasteiger partial charge on any atom is 0.410 e. The van der Waals surface area contributed by atoms with Crippen molar-refractivity contribution in [2.24, 2.45) is 0 Å². The summed E-state index contributed by atoms with van der Waals surface area (Å²) in [4.78, 5) is 31.4. The average molecular weight is 339 g/mol. The summed E-state index contributed by atoms with van der Waals surface area (Å²) in [5.74, 6) is -0.0819. The first-order valence-electron chi connectivity index (χ1n) is 8.08. The van der Waals surface area contributed by atoms with Gasteiger partial charge in [-0.15, -0.1) is 11.3 Å². The van der Waals surface area contributed by atoms with Crippen molar-refractivity contribution in [2.75, 3.05) is 20.2 Å². The number of carbonyl (C=O) groups excluding carboxylic acids is 2. The Morgan fingerprint density at radius 1 is 1.39 bits per heavy atom. The summed E-state index contributed by atoms with van der Waals surface area (Å²) in [5, 5.41) is 4.06. The van der Waals surface area contributed by atoms with Crippen molar-refractivity contribution in [3.05, 3.63) is 15.6 Å². The molecule has 1 fully saturated rings. The van der Waals surface area contributed by atoms with Crippen molar-refractivity contribution in [1.29, 1.82) is 0 Å². The van der Waals surface area contributed by atoms with Crippen LogP contribution in [0, 0.1) is 13.8 Å². The Morgan fingerprint density at radius 3 is 2.83 bits per heavy atom. The van der Waals surface area contributed by atoms with Crippen LogP contribution in [0.3, 0.4) is 0 Å². The second-order valence-electron chi connectivity index (χ2n) is 5.82. The molecule has 0 unspecified atom stereocenters. The summed E-state index contributed by atoms with van der Waals surface area (Å²) in [6.45, 7) is 5.27. The van der Waals surface area contributed by atoms with E-state index in [9.17, 15) is 9.59 Å². The van der Waals surface area contributed by atoms with E-state index in [4.69, 9.17) is 4.74 Å². The number of carbonyl (C=O) groups is 2. The van der Waals surface area contributed by atoms with Crippen molar-refractivity contribution in [2.45, 2.75) is 52.0 Å². The van der Waals surface area contributed by atoms with Crippen LogP contribution in [-0.2, 0) is 16.0 Å². The Hall–Kier alpha value is -1.63. The van der Waals surface area contributed by atoms with Gasteiger partial charge in [0.15, 0.2) is 0 Å². The molecule has 2 amide bonds. The lowest BCUT2D eigenvalue weighted by atomic mass is 10.0.